The highest BCUT2D eigenvalue weighted by molar-refractivity contribution is 8.00. The number of carbonyl (C=O) groups is 1. The first kappa shape index (κ1) is 31.1. The molecular formula is C28H37NO9S. The van der Waals surface area contributed by atoms with Crippen LogP contribution < -0.4 is 5.32 Å². The van der Waals surface area contributed by atoms with Gasteiger partial charge in [-0.3, -0.25) is 4.79 Å². The molecule has 1 fully saturated rings. The lowest BCUT2D eigenvalue weighted by Gasteiger charge is -2.40. The van der Waals surface area contributed by atoms with Gasteiger partial charge in [0.2, 0.25) is 5.91 Å². The van der Waals surface area contributed by atoms with Crippen LogP contribution in [0.1, 0.15) is 39.5 Å². The van der Waals surface area contributed by atoms with Crippen molar-refractivity contribution in [3.8, 4) is 5.75 Å². The lowest BCUT2D eigenvalue weighted by Crippen LogP contribution is -2.56. The number of phenols is 1. The van der Waals surface area contributed by atoms with Gasteiger partial charge in [-0.2, -0.15) is 0 Å². The molecule has 11 heteroatoms. The number of amides is 1. The molecule has 0 radical (unpaired) electrons. The summed E-state index contributed by atoms with van der Waals surface area (Å²) in [6.45, 7) is -0.292. The maximum atomic E-state index is 12.1. The van der Waals surface area contributed by atoms with Gasteiger partial charge < -0.3 is 46.2 Å². The SMILES string of the molecule is Cc1cc(O)c([C@@H]2S[C@H](CO)[C@@H](O)[C@H](O)[C@H]2O)cc1Cc1ccc(/C=C/CC(=O)NC(CO)(CO)CO)cc1. The van der Waals surface area contributed by atoms with E-state index < -0.39 is 60.1 Å². The number of thioether (sulfide) groups is 1. The summed E-state index contributed by atoms with van der Waals surface area (Å²) in [5.41, 5.74) is 2.51. The minimum Gasteiger partial charge on any atom is -0.508 e. The molecule has 39 heavy (non-hydrogen) atoms. The number of hydrogen-bond acceptors (Lipinski definition) is 10. The van der Waals surface area contributed by atoms with Gasteiger partial charge in [0.05, 0.1) is 49.1 Å². The molecule has 1 aliphatic rings. The first-order chi connectivity index (χ1) is 18.6. The molecule has 0 bridgehead atoms. The number of aromatic hydroxyl groups is 1. The molecule has 2 aromatic carbocycles. The summed E-state index contributed by atoms with van der Waals surface area (Å²) < 4.78 is 0. The van der Waals surface area contributed by atoms with Crippen molar-refractivity contribution in [2.24, 2.45) is 0 Å². The Morgan fingerprint density at radius 2 is 1.62 bits per heavy atom. The average Bonchev–Trinajstić information content (AvgIpc) is 2.93. The van der Waals surface area contributed by atoms with Gasteiger partial charge in [-0.25, -0.2) is 0 Å². The Kier molecular flexibility index (Phi) is 10.9. The molecule has 214 valence electrons. The Bertz CT molecular complexity index is 1130. The summed E-state index contributed by atoms with van der Waals surface area (Å²) in [5, 5.41) is 80.1. The van der Waals surface area contributed by atoms with Crippen LogP contribution in [0, 0.1) is 6.92 Å². The molecule has 1 aliphatic heterocycles. The summed E-state index contributed by atoms with van der Waals surface area (Å²) >= 11 is 1.11. The second-order valence-electron chi connectivity index (χ2n) is 9.91. The average molecular weight is 564 g/mol. The zero-order chi connectivity index (χ0) is 28.7. The summed E-state index contributed by atoms with van der Waals surface area (Å²) in [7, 11) is 0. The van der Waals surface area contributed by atoms with Crippen LogP contribution in [-0.4, -0.2) is 102 Å². The fourth-order valence-corrected chi connectivity index (χ4v) is 5.86. The Balaban J connectivity index is 1.69. The van der Waals surface area contributed by atoms with Crippen molar-refractivity contribution in [1.29, 1.82) is 0 Å². The van der Waals surface area contributed by atoms with E-state index in [1.165, 1.54) is 0 Å². The van der Waals surface area contributed by atoms with E-state index in [4.69, 9.17) is 0 Å². The molecule has 0 aromatic heterocycles. The standard InChI is InChI=1S/C28H37NO9S/c1-16-9-21(34)20(27-26(38)25(37)24(36)22(12-30)39-27)11-19(16)10-18-7-5-17(6-8-18)3-2-4-23(35)29-28(13-31,14-32)15-33/h2-3,5-9,11,22,24-27,30-34,36-38H,4,10,12-15H2,1H3,(H,29,35)/b3-2+/t22-,24-,25+,26-,27+/m1/s1. The normalized spacial score (nSPS) is 23.7. The molecule has 10 nitrogen and oxygen atoms in total. The zero-order valence-corrected chi connectivity index (χ0v) is 22.5. The van der Waals surface area contributed by atoms with Crippen molar-refractivity contribution in [2.45, 2.75) is 54.1 Å². The molecule has 0 unspecified atom stereocenters. The first-order valence-corrected chi connectivity index (χ1v) is 13.5. The van der Waals surface area contributed by atoms with E-state index in [2.05, 4.69) is 5.32 Å². The van der Waals surface area contributed by atoms with Gasteiger partial charge >= 0.3 is 0 Å². The number of aliphatic hydroxyl groups excluding tert-OH is 7. The highest BCUT2D eigenvalue weighted by Crippen LogP contribution is 2.46. The molecule has 1 saturated heterocycles. The maximum absolute atomic E-state index is 12.1. The van der Waals surface area contributed by atoms with Gasteiger partial charge in [-0.1, -0.05) is 42.5 Å². The minimum absolute atomic E-state index is 0.00707. The number of carbonyl (C=O) groups excluding carboxylic acids is 1. The molecule has 0 aliphatic carbocycles. The van der Waals surface area contributed by atoms with Gasteiger partial charge in [-0.15, -0.1) is 11.8 Å². The fraction of sp³-hybridized carbons (Fsp3) is 0.464. The number of benzene rings is 2. The van der Waals surface area contributed by atoms with E-state index in [-0.39, 0.29) is 18.8 Å². The van der Waals surface area contributed by atoms with Gasteiger partial charge in [0.25, 0.3) is 0 Å². The summed E-state index contributed by atoms with van der Waals surface area (Å²) in [6.07, 6.45) is -0.150. The Labute approximate surface area is 231 Å². The number of aryl methyl sites for hydroxylation is 1. The number of rotatable bonds is 11. The second kappa shape index (κ2) is 13.7. The predicted octanol–water partition coefficient (Wildman–Crippen LogP) is -0.242. The van der Waals surface area contributed by atoms with E-state index >= 15 is 0 Å². The van der Waals surface area contributed by atoms with Crippen molar-refractivity contribution >= 4 is 23.7 Å². The molecule has 0 spiro atoms. The van der Waals surface area contributed by atoms with Crippen LogP contribution in [0.4, 0.5) is 0 Å². The van der Waals surface area contributed by atoms with E-state index in [1.807, 2.05) is 31.2 Å². The summed E-state index contributed by atoms with van der Waals surface area (Å²) in [6, 6.07) is 11.0. The molecule has 1 amide bonds. The van der Waals surface area contributed by atoms with Crippen LogP contribution in [-0.2, 0) is 11.2 Å². The number of hydrogen-bond donors (Lipinski definition) is 9. The molecule has 3 rings (SSSR count). The number of nitrogens with one attached hydrogen (secondary N) is 1. The van der Waals surface area contributed by atoms with Gasteiger partial charge in [-0.05, 0) is 41.7 Å². The fourth-order valence-electron chi connectivity index (χ4n) is 4.42. The van der Waals surface area contributed by atoms with Crippen molar-refractivity contribution in [1.82, 2.24) is 5.32 Å². The quantitative estimate of drug-likeness (QED) is 0.176. The van der Waals surface area contributed by atoms with Gasteiger partial charge in [0, 0.05) is 12.0 Å². The second-order valence-corrected chi connectivity index (χ2v) is 11.3. The predicted molar refractivity (Wildman–Crippen MR) is 147 cm³/mol. The third kappa shape index (κ3) is 7.38. The highest BCUT2D eigenvalue weighted by atomic mass is 32.2. The molecule has 5 atom stereocenters. The van der Waals surface area contributed by atoms with Crippen molar-refractivity contribution in [2.75, 3.05) is 26.4 Å². The zero-order valence-electron chi connectivity index (χ0n) is 21.6. The third-order valence-corrected chi connectivity index (χ3v) is 8.59. The highest BCUT2D eigenvalue weighted by Gasteiger charge is 2.44. The van der Waals surface area contributed by atoms with Gasteiger partial charge in [0.15, 0.2) is 0 Å². The van der Waals surface area contributed by atoms with Crippen LogP contribution in [0.3, 0.4) is 0 Å². The molecule has 1 heterocycles. The Morgan fingerprint density at radius 1 is 0.974 bits per heavy atom. The van der Waals surface area contributed by atoms with E-state index in [0.29, 0.717) is 12.0 Å². The van der Waals surface area contributed by atoms with Crippen LogP contribution in [0.5, 0.6) is 5.75 Å². The molecule has 9 N–H and O–H groups in total. The van der Waals surface area contributed by atoms with Crippen LogP contribution in [0.25, 0.3) is 6.08 Å². The first-order valence-electron chi connectivity index (χ1n) is 12.6. The van der Waals surface area contributed by atoms with Crippen molar-refractivity contribution in [3.05, 3.63) is 70.3 Å². The van der Waals surface area contributed by atoms with Crippen LogP contribution >= 0.6 is 11.8 Å². The largest absolute Gasteiger partial charge is 0.508 e. The molecule has 2 aromatic rings. The number of phenolic OH excluding ortho intramolecular Hbond substituents is 1. The Morgan fingerprint density at radius 3 is 2.21 bits per heavy atom. The van der Waals surface area contributed by atoms with Gasteiger partial charge in [0.1, 0.15) is 17.4 Å². The lowest BCUT2D eigenvalue weighted by molar-refractivity contribution is -0.124. The molecular weight excluding hydrogens is 526 g/mol. The molecule has 0 saturated carbocycles. The van der Waals surface area contributed by atoms with Crippen LogP contribution in [0.15, 0.2) is 42.5 Å². The lowest BCUT2D eigenvalue weighted by atomic mass is 9.92. The number of aliphatic hydroxyl groups is 7. The van der Waals surface area contributed by atoms with Crippen LogP contribution in [0.2, 0.25) is 0 Å². The topological polar surface area (TPSA) is 191 Å². The van der Waals surface area contributed by atoms with E-state index in [0.717, 1.165) is 34.0 Å². The third-order valence-electron chi connectivity index (χ3n) is 6.98. The Hall–Kier alpha value is -2.48. The van der Waals surface area contributed by atoms with Crippen molar-refractivity contribution in [3.63, 3.8) is 0 Å². The van der Waals surface area contributed by atoms with Crippen molar-refractivity contribution < 1.29 is 45.6 Å². The maximum Gasteiger partial charge on any atom is 0.224 e. The van der Waals surface area contributed by atoms with E-state index in [1.54, 1.807) is 24.3 Å². The van der Waals surface area contributed by atoms with E-state index in [9.17, 15) is 45.6 Å². The monoisotopic (exact) mass is 563 g/mol. The minimum atomic E-state index is -1.46. The summed E-state index contributed by atoms with van der Waals surface area (Å²) in [4.78, 5) is 12.1. The summed E-state index contributed by atoms with van der Waals surface area (Å²) in [5.74, 6) is -0.487. The smallest absolute Gasteiger partial charge is 0.224 e.